The van der Waals surface area contributed by atoms with Gasteiger partial charge in [0.05, 0.1) is 6.54 Å². The fourth-order valence-electron chi connectivity index (χ4n) is 3.42. The zero-order valence-electron chi connectivity index (χ0n) is 14.9. The highest BCUT2D eigenvalue weighted by Crippen LogP contribution is 2.41. The first kappa shape index (κ1) is 20.2. The van der Waals surface area contributed by atoms with Crippen LogP contribution >= 0.6 is 35.3 Å². The molecule has 0 aliphatic heterocycles. The molecule has 25 heavy (non-hydrogen) atoms. The Hall–Kier alpha value is -1.16. The maximum absolute atomic E-state index is 4.35. The number of hydrogen-bond donors (Lipinski definition) is 2. The van der Waals surface area contributed by atoms with E-state index in [1.165, 1.54) is 37.0 Å². The molecule has 2 N–H and O–H groups in total. The minimum absolute atomic E-state index is 0. The van der Waals surface area contributed by atoms with E-state index in [1.54, 1.807) is 6.33 Å². The van der Waals surface area contributed by atoms with Crippen molar-refractivity contribution in [2.24, 2.45) is 12.0 Å². The topological polar surface area (TPSA) is 67.1 Å². The molecule has 3 rings (SSSR count). The minimum Gasteiger partial charge on any atom is -0.355 e. The van der Waals surface area contributed by atoms with Crippen LogP contribution in [0.3, 0.4) is 0 Å². The van der Waals surface area contributed by atoms with Crippen molar-refractivity contribution in [1.29, 1.82) is 0 Å². The molecule has 138 valence electrons. The predicted octanol–water partition coefficient (Wildman–Crippen LogP) is 3.06. The van der Waals surface area contributed by atoms with Gasteiger partial charge in [-0.15, -0.1) is 45.5 Å². The van der Waals surface area contributed by atoms with E-state index in [-0.39, 0.29) is 29.4 Å². The normalized spacial score (nSPS) is 17.0. The standard InChI is InChI=1S/C17H26N6S.HI/c1-18-16(19-11-15-22-21-13-23(15)2)20-12-17(8-4-3-5-9-17)14-7-6-10-24-14;/h6-7,10,13H,3-5,8-9,11-12H2,1-2H3,(H2,18,19,20);1H. The van der Waals surface area contributed by atoms with Gasteiger partial charge >= 0.3 is 0 Å². The summed E-state index contributed by atoms with van der Waals surface area (Å²) in [5.41, 5.74) is 0.245. The monoisotopic (exact) mass is 474 g/mol. The van der Waals surface area contributed by atoms with Gasteiger partial charge in [0, 0.05) is 30.9 Å². The van der Waals surface area contributed by atoms with Crippen molar-refractivity contribution in [2.45, 2.75) is 44.1 Å². The molecule has 2 aromatic heterocycles. The lowest BCUT2D eigenvalue weighted by atomic mass is 9.73. The van der Waals surface area contributed by atoms with E-state index >= 15 is 0 Å². The molecule has 0 bridgehead atoms. The molecular formula is C17H27IN6S. The quantitative estimate of drug-likeness (QED) is 0.397. The van der Waals surface area contributed by atoms with Gasteiger partial charge in [0.1, 0.15) is 6.33 Å². The smallest absolute Gasteiger partial charge is 0.191 e. The lowest BCUT2D eigenvalue weighted by molar-refractivity contribution is 0.296. The maximum Gasteiger partial charge on any atom is 0.191 e. The number of aliphatic imine (C=N–C) groups is 1. The van der Waals surface area contributed by atoms with Gasteiger partial charge in [-0.1, -0.05) is 25.3 Å². The molecule has 0 radical (unpaired) electrons. The Morgan fingerprint density at radius 2 is 2.12 bits per heavy atom. The van der Waals surface area contributed by atoms with Gasteiger partial charge < -0.3 is 15.2 Å². The van der Waals surface area contributed by atoms with Crippen LogP contribution in [-0.4, -0.2) is 34.3 Å². The third-order valence-corrected chi connectivity index (χ3v) is 6.01. The molecule has 0 amide bonds. The van der Waals surface area contributed by atoms with E-state index in [2.05, 4.69) is 43.3 Å². The molecule has 0 unspecified atom stereocenters. The van der Waals surface area contributed by atoms with Crippen molar-refractivity contribution in [3.8, 4) is 0 Å². The van der Waals surface area contributed by atoms with Gasteiger partial charge in [0.15, 0.2) is 11.8 Å². The lowest BCUT2D eigenvalue weighted by Gasteiger charge is -2.37. The Morgan fingerprint density at radius 1 is 1.32 bits per heavy atom. The van der Waals surface area contributed by atoms with E-state index in [0.29, 0.717) is 6.54 Å². The molecule has 1 aliphatic carbocycles. The third kappa shape index (κ3) is 4.93. The molecular weight excluding hydrogens is 447 g/mol. The SMILES string of the molecule is CN=C(NCc1nncn1C)NCC1(c2cccs2)CCCCC1.I. The van der Waals surface area contributed by atoms with Crippen LogP contribution in [0.4, 0.5) is 0 Å². The molecule has 2 heterocycles. The van der Waals surface area contributed by atoms with Crippen molar-refractivity contribution < 1.29 is 0 Å². The average Bonchev–Trinajstić information content (AvgIpc) is 3.28. The molecule has 1 fully saturated rings. The first-order valence-electron chi connectivity index (χ1n) is 8.55. The van der Waals surface area contributed by atoms with Gasteiger partial charge in [0.25, 0.3) is 0 Å². The second-order valence-corrected chi connectivity index (χ2v) is 7.40. The van der Waals surface area contributed by atoms with Gasteiger partial charge in [0.2, 0.25) is 0 Å². The Morgan fingerprint density at radius 3 is 2.72 bits per heavy atom. The van der Waals surface area contributed by atoms with Gasteiger partial charge in [-0.2, -0.15) is 0 Å². The number of nitrogens with zero attached hydrogens (tertiary/aromatic N) is 4. The van der Waals surface area contributed by atoms with Crippen molar-refractivity contribution >= 4 is 41.3 Å². The number of thiophene rings is 1. The number of rotatable bonds is 5. The summed E-state index contributed by atoms with van der Waals surface area (Å²) in [5, 5.41) is 17.1. The van der Waals surface area contributed by atoms with Crippen LogP contribution in [0.5, 0.6) is 0 Å². The Labute approximate surface area is 170 Å². The molecule has 0 atom stereocenters. The highest BCUT2D eigenvalue weighted by atomic mass is 127. The Bertz CT molecular complexity index is 660. The molecule has 0 aromatic carbocycles. The molecule has 6 nitrogen and oxygen atoms in total. The predicted molar refractivity (Wildman–Crippen MR) is 114 cm³/mol. The van der Waals surface area contributed by atoms with Crippen LogP contribution in [0.2, 0.25) is 0 Å². The van der Waals surface area contributed by atoms with Gasteiger partial charge in [-0.25, -0.2) is 0 Å². The number of aromatic nitrogens is 3. The van der Waals surface area contributed by atoms with Crippen LogP contribution in [-0.2, 0) is 19.0 Å². The number of halogens is 1. The molecule has 2 aromatic rings. The molecule has 0 spiro atoms. The second-order valence-electron chi connectivity index (χ2n) is 6.46. The van der Waals surface area contributed by atoms with E-state index in [1.807, 2.05) is 30.0 Å². The zero-order chi connectivity index (χ0) is 16.8. The summed E-state index contributed by atoms with van der Waals surface area (Å²) in [6.45, 7) is 1.54. The van der Waals surface area contributed by atoms with Crippen LogP contribution in [0, 0.1) is 0 Å². The fraction of sp³-hybridized carbons (Fsp3) is 0.588. The van der Waals surface area contributed by atoms with Crippen molar-refractivity contribution in [2.75, 3.05) is 13.6 Å². The lowest BCUT2D eigenvalue weighted by Crippen LogP contribution is -2.46. The van der Waals surface area contributed by atoms with Gasteiger partial charge in [-0.05, 0) is 24.3 Å². The molecule has 0 saturated heterocycles. The molecule has 1 saturated carbocycles. The summed E-state index contributed by atoms with van der Waals surface area (Å²) in [6, 6.07) is 4.45. The summed E-state index contributed by atoms with van der Waals surface area (Å²) in [4.78, 5) is 5.85. The van der Waals surface area contributed by atoms with E-state index in [4.69, 9.17) is 0 Å². The van der Waals surface area contributed by atoms with Gasteiger partial charge in [-0.3, -0.25) is 4.99 Å². The fourth-order valence-corrected chi connectivity index (χ4v) is 4.41. The van der Waals surface area contributed by atoms with Crippen LogP contribution in [0.15, 0.2) is 28.8 Å². The van der Waals surface area contributed by atoms with E-state index in [9.17, 15) is 0 Å². The average molecular weight is 474 g/mol. The summed E-state index contributed by atoms with van der Waals surface area (Å²) in [5.74, 6) is 1.71. The van der Waals surface area contributed by atoms with Crippen molar-refractivity contribution in [1.82, 2.24) is 25.4 Å². The van der Waals surface area contributed by atoms with E-state index in [0.717, 1.165) is 18.3 Å². The first-order valence-corrected chi connectivity index (χ1v) is 9.43. The first-order chi connectivity index (χ1) is 11.7. The summed E-state index contributed by atoms with van der Waals surface area (Å²) < 4.78 is 1.91. The molecule has 8 heteroatoms. The number of guanidine groups is 1. The number of aryl methyl sites for hydroxylation is 1. The van der Waals surface area contributed by atoms with Crippen LogP contribution < -0.4 is 10.6 Å². The zero-order valence-corrected chi connectivity index (χ0v) is 18.0. The van der Waals surface area contributed by atoms with E-state index < -0.39 is 0 Å². The molecule has 1 aliphatic rings. The van der Waals surface area contributed by atoms with Crippen molar-refractivity contribution in [3.63, 3.8) is 0 Å². The largest absolute Gasteiger partial charge is 0.355 e. The Kier molecular flexibility index (Phi) is 7.67. The number of hydrogen-bond acceptors (Lipinski definition) is 4. The highest BCUT2D eigenvalue weighted by Gasteiger charge is 2.34. The summed E-state index contributed by atoms with van der Waals surface area (Å²) in [7, 11) is 3.76. The number of nitrogens with one attached hydrogen (secondary N) is 2. The second kappa shape index (κ2) is 9.51. The summed E-state index contributed by atoms with van der Waals surface area (Å²) >= 11 is 1.88. The van der Waals surface area contributed by atoms with Crippen molar-refractivity contribution in [3.05, 3.63) is 34.5 Å². The van der Waals surface area contributed by atoms with Crippen LogP contribution in [0.1, 0.15) is 42.8 Å². The maximum atomic E-state index is 4.35. The Balaban J connectivity index is 0.00000225. The highest BCUT2D eigenvalue weighted by molar-refractivity contribution is 14.0. The third-order valence-electron chi connectivity index (χ3n) is 4.89. The van der Waals surface area contributed by atoms with Crippen LogP contribution in [0.25, 0.3) is 0 Å². The minimum atomic E-state index is 0. The summed E-state index contributed by atoms with van der Waals surface area (Å²) in [6.07, 6.45) is 8.18.